The molecule has 0 aliphatic heterocycles. The second kappa shape index (κ2) is 6.57. The third-order valence-corrected chi connectivity index (χ3v) is 3.32. The lowest BCUT2D eigenvalue weighted by molar-refractivity contribution is 0.317. The first kappa shape index (κ1) is 14.6. The van der Waals surface area contributed by atoms with Crippen LogP contribution in [-0.2, 0) is 13.5 Å². The fraction of sp³-hybridized carbons (Fsp3) is 0.438. The van der Waals surface area contributed by atoms with Crippen LogP contribution in [0, 0.1) is 0 Å². The van der Waals surface area contributed by atoms with Gasteiger partial charge in [0, 0.05) is 18.8 Å². The highest BCUT2D eigenvalue weighted by Gasteiger charge is 2.15. The second-order valence-electron chi connectivity index (χ2n) is 4.95. The Morgan fingerprint density at radius 2 is 1.95 bits per heavy atom. The molecule has 0 saturated heterocycles. The normalized spacial score (nSPS) is 12.4. The lowest BCUT2D eigenvalue weighted by Gasteiger charge is -2.13. The van der Waals surface area contributed by atoms with Crippen LogP contribution in [0.3, 0.4) is 0 Å². The molecule has 0 bridgehead atoms. The summed E-state index contributed by atoms with van der Waals surface area (Å²) in [6.07, 6.45) is 3.91. The minimum Gasteiger partial charge on any atom is -0.494 e. The molecule has 108 valence electrons. The van der Waals surface area contributed by atoms with Gasteiger partial charge in [-0.05, 0) is 30.5 Å². The fourth-order valence-electron chi connectivity index (χ4n) is 2.26. The maximum Gasteiger partial charge on any atom is 0.119 e. The molecular formula is C16H23N3O. The molecule has 1 aromatic heterocycles. The fourth-order valence-corrected chi connectivity index (χ4v) is 2.26. The van der Waals surface area contributed by atoms with E-state index in [-0.39, 0.29) is 6.04 Å². The number of nitrogens with two attached hydrogens (primary N) is 1. The van der Waals surface area contributed by atoms with Crippen LogP contribution < -0.4 is 10.5 Å². The summed E-state index contributed by atoms with van der Waals surface area (Å²) in [6, 6.07) is 7.88. The monoisotopic (exact) mass is 273 g/mol. The molecule has 0 radical (unpaired) electrons. The molecule has 2 rings (SSSR count). The van der Waals surface area contributed by atoms with Crippen LogP contribution in [-0.4, -0.2) is 16.4 Å². The Kier molecular flexibility index (Phi) is 4.79. The van der Waals surface area contributed by atoms with Gasteiger partial charge < -0.3 is 10.5 Å². The van der Waals surface area contributed by atoms with Gasteiger partial charge in [-0.1, -0.05) is 26.0 Å². The Morgan fingerprint density at radius 1 is 1.25 bits per heavy atom. The molecule has 1 unspecified atom stereocenters. The summed E-state index contributed by atoms with van der Waals surface area (Å²) >= 11 is 0. The molecule has 20 heavy (non-hydrogen) atoms. The van der Waals surface area contributed by atoms with Gasteiger partial charge >= 0.3 is 0 Å². The van der Waals surface area contributed by atoms with E-state index in [1.165, 1.54) is 0 Å². The summed E-state index contributed by atoms with van der Waals surface area (Å²) in [5.41, 5.74) is 9.60. The summed E-state index contributed by atoms with van der Waals surface area (Å²) in [5, 5.41) is 4.45. The van der Waals surface area contributed by atoms with Gasteiger partial charge in [0.05, 0.1) is 18.3 Å². The van der Waals surface area contributed by atoms with E-state index in [1.807, 2.05) is 42.2 Å². The van der Waals surface area contributed by atoms with E-state index in [0.29, 0.717) is 0 Å². The van der Waals surface area contributed by atoms with Crippen LogP contribution in [0.15, 0.2) is 30.5 Å². The smallest absolute Gasteiger partial charge is 0.119 e. The van der Waals surface area contributed by atoms with E-state index in [0.717, 1.165) is 42.0 Å². The highest BCUT2D eigenvalue weighted by molar-refractivity contribution is 5.36. The van der Waals surface area contributed by atoms with Crippen molar-refractivity contribution < 1.29 is 4.74 Å². The van der Waals surface area contributed by atoms with E-state index >= 15 is 0 Å². The third-order valence-electron chi connectivity index (χ3n) is 3.32. The van der Waals surface area contributed by atoms with Crippen LogP contribution in [0.1, 0.15) is 43.1 Å². The number of nitrogens with zero attached hydrogens (tertiary/aromatic N) is 2. The maximum absolute atomic E-state index is 6.36. The van der Waals surface area contributed by atoms with Crippen LogP contribution in [0.4, 0.5) is 0 Å². The van der Waals surface area contributed by atoms with Crippen molar-refractivity contribution >= 4 is 0 Å². The Hall–Kier alpha value is -1.81. The molecule has 4 heteroatoms. The van der Waals surface area contributed by atoms with Gasteiger partial charge in [0.2, 0.25) is 0 Å². The highest BCUT2D eigenvalue weighted by Crippen LogP contribution is 2.24. The number of benzene rings is 1. The minimum atomic E-state index is -0.140. The number of aromatic nitrogens is 2. The zero-order valence-corrected chi connectivity index (χ0v) is 12.5. The van der Waals surface area contributed by atoms with Gasteiger partial charge in [-0.2, -0.15) is 5.10 Å². The Labute approximate surface area is 120 Å². The molecule has 0 fully saturated rings. The largest absolute Gasteiger partial charge is 0.494 e. The van der Waals surface area contributed by atoms with Crippen molar-refractivity contribution in [3.63, 3.8) is 0 Å². The first-order chi connectivity index (χ1) is 9.65. The Bertz CT molecular complexity index is 545. The second-order valence-corrected chi connectivity index (χ2v) is 4.95. The Balaban J connectivity index is 2.17. The third kappa shape index (κ3) is 3.20. The van der Waals surface area contributed by atoms with Crippen molar-refractivity contribution in [2.24, 2.45) is 12.8 Å². The zero-order chi connectivity index (χ0) is 14.5. The van der Waals surface area contributed by atoms with Gasteiger partial charge in [-0.3, -0.25) is 4.68 Å². The molecule has 0 saturated carbocycles. The summed E-state index contributed by atoms with van der Waals surface area (Å²) in [5.74, 6) is 0.893. The summed E-state index contributed by atoms with van der Waals surface area (Å²) < 4.78 is 7.41. The standard InChI is InChI=1S/C16H23N3O/c1-4-10-20-13-8-6-12(7-9-13)16(17)14-11-19(3)18-15(14)5-2/h6-9,11,16H,4-5,10,17H2,1-3H3. The number of hydrogen-bond acceptors (Lipinski definition) is 3. The van der Waals surface area contributed by atoms with Crippen LogP contribution in [0.2, 0.25) is 0 Å². The number of hydrogen-bond donors (Lipinski definition) is 1. The van der Waals surface area contributed by atoms with Gasteiger partial charge in [-0.25, -0.2) is 0 Å². The molecule has 1 atom stereocenters. The van der Waals surface area contributed by atoms with Crippen LogP contribution in [0.25, 0.3) is 0 Å². The average molecular weight is 273 g/mol. The van der Waals surface area contributed by atoms with E-state index < -0.39 is 0 Å². The van der Waals surface area contributed by atoms with Crippen molar-refractivity contribution in [3.8, 4) is 5.75 Å². The predicted octanol–water partition coefficient (Wildman–Crippen LogP) is 2.82. The van der Waals surface area contributed by atoms with E-state index in [9.17, 15) is 0 Å². The van der Waals surface area contributed by atoms with E-state index in [2.05, 4.69) is 18.9 Å². The Morgan fingerprint density at radius 3 is 2.55 bits per heavy atom. The summed E-state index contributed by atoms with van der Waals surface area (Å²) in [7, 11) is 1.93. The minimum absolute atomic E-state index is 0.140. The summed E-state index contributed by atoms with van der Waals surface area (Å²) in [4.78, 5) is 0. The van der Waals surface area contributed by atoms with Gasteiger partial charge in [0.15, 0.2) is 0 Å². The van der Waals surface area contributed by atoms with Gasteiger partial charge in [0.1, 0.15) is 5.75 Å². The molecule has 2 N–H and O–H groups in total. The molecule has 1 aromatic carbocycles. The SMILES string of the molecule is CCCOc1ccc(C(N)c2cn(C)nc2CC)cc1. The van der Waals surface area contributed by atoms with E-state index in [1.54, 1.807) is 0 Å². The highest BCUT2D eigenvalue weighted by atomic mass is 16.5. The van der Waals surface area contributed by atoms with E-state index in [4.69, 9.17) is 10.5 Å². The molecule has 2 aromatic rings. The molecule has 0 aliphatic rings. The zero-order valence-electron chi connectivity index (χ0n) is 12.5. The van der Waals surface area contributed by atoms with Crippen molar-refractivity contribution in [2.75, 3.05) is 6.61 Å². The molecule has 0 aliphatic carbocycles. The van der Waals surface area contributed by atoms with Crippen molar-refractivity contribution in [1.82, 2.24) is 9.78 Å². The first-order valence-electron chi connectivity index (χ1n) is 7.16. The lowest BCUT2D eigenvalue weighted by atomic mass is 9.99. The number of rotatable bonds is 6. The molecule has 0 spiro atoms. The maximum atomic E-state index is 6.36. The topological polar surface area (TPSA) is 53.1 Å². The summed E-state index contributed by atoms with van der Waals surface area (Å²) in [6.45, 7) is 4.94. The van der Waals surface area contributed by atoms with Crippen molar-refractivity contribution in [3.05, 3.63) is 47.3 Å². The van der Waals surface area contributed by atoms with Crippen LogP contribution >= 0.6 is 0 Å². The van der Waals surface area contributed by atoms with Crippen molar-refractivity contribution in [1.29, 1.82) is 0 Å². The molecular weight excluding hydrogens is 250 g/mol. The molecule has 0 amide bonds. The molecule has 4 nitrogen and oxygen atoms in total. The lowest BCUT2D eigenvalue weighted by Crippen LogP contribution is -2.13. The first-order valence-corrected chi connectivity index (χ1v) is 7.16. The van der Waals surface area contributed by atoms with Crippen molar-refractivity contribution in [2.45, 2.75) is 32.7 Å². The van der Waals surface area contributed by atoms with Crippen LogP contribution in [0.5, 0.6) is 5.75 Å². The number of aryl methyl sites for hydroxylation is 2. The van der Waals surface area contributed by atoms with Gasteiger partial charge in [-0.15, -0.1) is 0 Å². The predicted molar refractivity (Wildman–Crippen MR) is 80.8 cm³/mol. The average Bonchev–Trinajstić information content (AvgIpc) is 2.86. The quantitative estimate of drug-likeness (QED) is 0.880. The molecule has 1 heterocycles. The number of ether oxygens (including phenoxy) is 1. The van der Waals surface area contributed by atoms with Gasteiger partial charge in [0.25, 0.3) is 0 Å².